The highest BCUT2D eigenvalue weighted by Gasteiger charge is 2.14. The molecule has 116 valence electrons. The lowest BCUT2D eigenvalue weighted by atomic mass is 10.0. The minimum atomic E-state index is -0.575. The number of amides is 1. The number of rotatable bonds is 7. The molecule has 0 spiro atoms. The lowest BCUT2D eigenvalue weighted by Crippen LogP contribution is -2.44. The molecule has 3 N–H and O–H groups in total. The first-order chi connectivity index (χ1) is 10.7. The fourth-order valence-corrected chi connectivity index (χ4v) is 2.26. The molecule has 0 bridgehead atoms. The predicted molar refractivity (Wildman–Crippen MR) is 87.5 cm³/mol. The van der Waals surface area contributed by atoms with Crippen molar-refractivity contribution in [2.24, 2.45) is 0 Å². The maximum absolute atomic E-state index is 11.5. The molecule has 0 aliphatic rings. The van der Waals surface area contributed by atoms with Crippen LogP contribution < -0.4 is 10.6 Å². The van der Waals surface area contributed by atoms with E-state index in [0.717, 1.165) is 12.0 Å². The number of likely N-dealkylation sites (N-methyl/N-ethyl adjacent to an activating group) is 1. The summed E-state index contributed by atoms with van der Waals surface area (Å²) in [6, 6.07) is 18.0. The van der Waals surface area contributed by atoms with Gasteiger partial charge in [-0.05, 0) is 23.1 Å². The third-order valence-electron chi connectivity index (χ3n) is 3.57. The Bertz CT molecular complexity index is 582. The Morgan fingerprint density at radius 1 is 1.00 bits per heavy atom. The zero-order valence-electron chi connectivity index (χ0n) is 12.8. The highest BCUT2D eigenvalue weighted by Crippen LogP contribution is 2.10. The first-order valence-electron chi connectivity index (χ1n) is 7.40. The van der Waals surface area contributed by atoms with Gasteiger partial charge in [-0.1, -0.05) is 54.6 Å². The largest absolute Gasteiger partial charge is 0.394 e. The van der Waals surface area contributed by atoms with Crippen LogP contribution in [-0.4, -0.2) is 30.7 Å². The van der Waals surface area contributed by atoms with Crippen LogP contribution in [0.1, 0.15) is 16.7 Å². The molecule has 2 rings (SSSR count). The lowest BCUT2D eigenvalue weighted by molar-refractivity contribution is -0.123. The molecule has 0 aliphatic carbocycles. The fraction of sp³-hybridized carbons (Fsp3) is 0.278. The molecule has 4 heteroatoms. The molecule has 1 amide bonds. The molecular formula is C18H22N2O2. The number of hydrogen-bond donors (Lipinski definition) is 3. The quantitative estimate of drug-likeness (QED) is 0.725. The van der Waals surface area contributed by atoms with Crippen molar-refractivity contribution < 1.29 is 9.90 Å². The third-order valence-corrected chi connectivity index (χ3v) is 3.57. The second kappa shape index (κ2) is 8.32. The molecule has 1 unspecified atom stereocenters. The molecule has 4 nitrogen and oxygen atoms in total. The molecule has 0 fully saturated rings. The van der Waals surface area contributed by atoms with Crippen molar-refractivity contribution in [1.82, 2.24) is 10.6 Å². The minimum Gasteiger partial charge on any atom is -0.394 e. The molecule has 0 heterocycles. The summed E-state index contributed by atoms with van der Waals surface area (Å²) < 4.78 is 0. The number of nitrogens with one attached hydrogen (secondary N) is 2. The Hall–Kier alpha value is -2.17. The molecular weight excluding hydrogens is 276 g/mol. The maximum atomic E-state index is 11.5. The summed E-state index contributed by atoms with van der Waals surface area (Å²) in [7, 11) is 1.56. The van der Waals surface area contributed by atoms with E-state index >= 15 is 0 Å². The van der Waals surface area contributed by atoms with Gasteiger partial charge in [0.25, 0.3) is 0 Å². The van der Waals surface area contributed by atoms with E-state index < -0.39 is 6.04 Å². The van der Waals surface area contributed by atoms with Crippen LogP contribution in [0.4, 0.5) is 0 Å². The Kier molecular flexibility index (Phi) is 6.13. The zero-order chi connectivity index (χ0) is 15.8. The second-order valence-electron chi connectivity index (χ2n) is 5.21. The third kappa shape index (κ3) is 4.69. The Morgan fingerprint density at radius 3 is 2.18 bits per heavy atom. The topological polar surface area (TPSA) is 61.4 Å². The van der Waals surface area contributed by atoms with Crippen LogP contribution >= 0.6 is 0 Å². The number of carbonyl (C=O) groups is 1. The molecule has 0 saturated heterocycles. The molecule has 1 atom stereocenters. The van der Waals surface area contributed by atoms with Crippen LogP contribution in [0.15, 0.2) is 54.6 Å². The smallest absolute Gasteiger partial charge is 0.239 e. The Balaban J connectivity index is 1.90. The van der Waals surface area contributed by atoms with E-state index in [1.54, 1.807) is 7.05 Å². The SMILES string of the molecule is CNC(=O)C(CO)NCc1ccc(Cc2ccccc2)cc1. The van der Waals surface area contributed by atoms with Gasteiger partial charge in [-0.15, -0.1) is 0 Å². The van der Waals surface area contributed by atoms with E-state index in [2.05, 4.69) is 34.9 Å². The van der Waals surface area contributed by atoms with Crippen LogP contribution in [0.3, 0.4) is 0 Å². The first-order valence-corrected chi connectivity index (χ1v) is 7.40. The second-order valence-corrected chi connectivity index (χ2v) is 5.21. The molecule has 0 aliphatic heterocycles. The molecule has 0 saturated carbocycles. The van der Waals surface area contributed by atoms with Gasteiger partial charge in [-0.25, -0.2) is 0 Å². The average molecular weight is 298 g/mol. The highest BCUT2D eigenvalue weighted by molar-refractivity contribution is 5.81. The number of hydrogen-bond acceptors (Lipinski definition) is 3. The number of aliphatic hydroxyl groups is 1. The van der Waals surface area contributed by atoms with Gasteiger partial charge in [-0.3, -0.25) is 10.1 Å². The molecule has 2 aromatic rings. The van der Waals surface area contributed by atoms with E-state index in [4.69, 9.17) is 0 Å². The van der Waals surface area contributed by atoms with Gasteiger partial charge in [0, 0.05) is 13.6 Å². The summed E-state index contributed by atoms with van der Waals surface area (Å²) in [6.07, 6.45) is 0.909. The van der Waals surface area contributed by atoms with E-state index in [-0.39, 0.29) is 12.5 Å². The number of aliphatic hydroxyl groups excluding tert-OH is 1. The van der Waals surface area contributed by atoms with Crippen molar-refractivity contribution in [2.75, 3.05) is 13.7 Å². The molecule has 2 aromatic carbocycles. The summed E-state index contributed by atoms with van der Waals surface area (Å²) in [5.41, 5.74) is 3.62. The van der Waals surface area contributed by atoms with Crippen molar-refractivity contribution in [3.63, 3.8) is 0 Å². The summed E-state index contributed by atoms with van der Waals surface area (Å²) in [5.74, 6) is -0.205. The van der Waals surface area contributed by atoms with Gasteiger partial charge in [0.15, 0.2) is 0 Å². The van der Waals surface area contributed by atoms with E-state index in [1.165, 1.54) is 11.1 Å². The van der Waals surface area contributed by atoms with Crippen molar-refractivity contribution >= 4 is 5.91 Å². The highest BCUT2D eigenvalue weighted by atomic mass is 16.3. The van der Waals surface area contributed by atoms with Gasteiger partial charge >= 0.3 is 0 Å². The van der Waals surface area contributed by atoms with Gasteiger partial charge in [0.2, 0.25) is 5.91 Å². The van der Waals surface area contributed by atoms with Crippen LogP contribution in [0, 0.1) is 0 Å². The fourth-order valence-electron chi connectivity index (χ4n) is 2.26. The van der Waals surface area contributed by atoms with Crippen LogP contribution in [0.5, 0.6) is 0 Å². The van der Waals surface area contributed by atoms with Crippen molar-refractivity contribution in [1.29, 1.82) is 0 Å². The van der Waals surface area contributed by atoms with E-state index in [1.807, 2.05) is 30.3 Å². The van der Waals surface area contributed by atoms with Crippen LogP contribution in [-0.2, 0) is 17.8 Å². The number of carbonyl (C=O) groups excluding carboxylic acids is 1. The Labute approximate surface area is 131 Å². The molecule has 0 radical (unpaired) electrons. The summed E-state index contributed by atoms with van der Waals surface area (Å²) in [6.45, 7) is 0.329. The summed E-state index contributed by atoms with van der Waals surface area (Å²) in [5, 5.41) is 14.8. The predicted octanol–water partition coefficient (Wildman–Crippen LogP) is 1.47. The van der Waals surface area contributed by atoms with Gasteiger partial charge in [-0.2, -0.15) is 0 Å². The lowest BCUT2D eigenvalue weighted by Gasteiger charge is -2.14. The zero-order valence-corrected chi connectivity index (χ0v) is 12.8. The van der Waals surface area contributed by atoms with Crippen molar-refractivity contribution in [3.8, 4) is 0 Å². The Morgan fingerprint density at radius 2 is 1.59 bits per heavy atom. The average Bonchev–Trinajstić information content (AvgIpc) is 2.57. The molecule has 0 aromatic heterocycles. The van der Waals surface area contributed by atoms with E-state index in [9.17, 15) is 9.90 Å². The maximum Gasteiger partial charge on any atom is 0.239 e. The van der Waals surface area contributed by atoms with Crippen LogP contribution in [0.2, 0.25) is 0 Å². The van der Waals surface area contributed by atoms with Gasteiger partial charge in [0.05, 0.1) is 6.61 Å². The minimum absolute atomic E-state index is 0.205. The standard InChI is InChI=1S/C18H22N2O2/c1-19-18(22)17(13-21)20-12-16-9-7-15(8-10-16)11-14-5-3-2-4-6-14/h2-10,17,20-21H,11-13H2,1H3,(H,19,22). The van der Waals surface area contributed by atoms with Crippen LogP contribution in [0.25, 0.3) is 0 Å². The van der Waals surface area contributed by atoms with Crippen molar-refractivity contribution in [2.45, 2.75) is 19.0 Å². The summed E-state index contributed by atoms with van der Waals surface area (Å²) in [4.78, 5) is 11.5. The first kappa shape index (κ1) is 16.2. The van der Waals surface area contributed by atoms with E-state index in [0.29, 0.717) is 6.54 Å². The van der Waals surface area contributed by atoms with Crippen molar-refractivity contribution in [3.05, 3.63) is 71.3 Å². The summed E-state index contributed by atoms with van der Waals surface area (Å²) >= 11 is 0. The van der Waals surface area contributed by atoms with Gasteiger partial charge in [0.1, 0.15) is 6.04 Å². The number of benzene rings is 2. The monoisotopic (exact) mass is 298 g/mol. The normalized spacial score (nSPS) is 11.9. The molecule has 22 heavy (non-hydrogen) atoms. The van der Waals surface area contributed by atoms with Gasteiger partial charge < -0.3 is 10.4 Å².